The highest BCUT2D eigenvalue weighted by molar-refractivity contribution is 5.46. The van der Waals surface area contributed by atoms with Crippen molar-refractivity contribution in [2.45, 2.75) is 43.7 Å². The van der Waals surface area contributed by atoms with Crippen molar-refractivity contribution < 1.29 is 19.7 Å². The highest BCUT2D eigenvalue weighted by Crippen LogP contribution is 2.31. The molecule has 2 fully saturated rings. The Morgan fingerprint density at radius 2 is 1.83 bits per heavy atom. The number of aryl methyl sites for hydroxylation is 1. The Kier molecular flexibility index (Phi) is 5.05. The number of hydrogen-bond acceptors (Lipinski definition) is 6. The Labute approximate surface area is 141 Å². The molecule has 2 saturated heterocycles. The molecule has 3 rings (SSSR count). The molecule has 0 aromatic carbocycles. The van der Waals surface area contributed by atoms with Gasteiger partial charge in [-0.2, -0.15) is 0 Å². The van der Waals surface area contributed by atoms with E-state index in [0.717, 1.165) is 11.4 Å². The highest BCUT2D eigenvalue weighted by Gasteiger charge is 2.40. The van der Waals surface area contributed by atoms with Crippen LogP contribution in [0.4, 0.5) is 10.2 Å². The van der Waals surface area contributed by atoms with Crippen LogP contribution in [0.1, 0.15) is 18.4 Å². The number of alkyl halides is 1. The van der Waals surface area contributed by atoms with E-state index >= 15 is 4.39 Å². The molecule has 0 spiro atoms. The molecule has 24 heavy (non-hydrogen) atoms. The molecule has 2 aliphatic rings. The van der Waals surface area contributed by atoms with Gasteiger partial charge in [-0.3, -0.25) is 4.90 Å². The van der Waals surface area contributed by atoms with Crippen molar-refractivity contribution >= 4 is 5.82 Å². The van der Waals surface area contributed by atoms with Crippen LogP contribution in [0.2, 0.25) is 0 Å². The molecule has 0 saturated carbocycles. The van der Waals surface area contributed by atoms with Crippen LogP contribution in [0.15, 0.2) is 18.3 Å². The van der Waals surface area contributed by atoms with Crippen molar-refractivity contribution in [2.24, 2.45) is 0 Å². The van der Waals surface area contributed by atoms with Gasteiger partial charge in [0.1, 0.15) is 17.6 Å². The van der Waals surface area contributed by atoms with Gasteiger partial charge in [-0.15, -0.1) is 0 Å². The summed E-state index contributed by atoms with van der Waals surface area (Å²) in [5.41, 5.74) is -0.263. The number of piperidine rings is 2. The monoisotopic (exact) mass is 339 g/mol. The number of aliphatic hydroxyl groups is 3. The summed E-state index contributed by atoms with van der Waals surface area (Å²) >= 11 is 0. The lowest BCUT2D eigenvalue weighted by atomic mass is 9.91. The van der Waals surface area contributed by atoms with Gasteiger partial charge in [-0.1, -0.05) is 6.07 Å². The second kappa shape index (κ2) is 6.92. The summed E-state index contributed by atoms with van der Waals surface area (Å²) in [7, 11) is 0. The van der Waals surface area contributed by atoms with E-state index in [1.54, 1.807) is 11.1 Å². The third-order valence-corrected chi connectivity index (χ3v) is 5.13. The maximum absolute atomic E-state index is 15.2. The molecule has 0 aliphatic carbocycles. The molecule has 0 amide bonds. The van der Waals surface area contributed by atoms with Crippen LogP contribution >= 0.6 is 0 Å². The predicted octanol–water partition coefficient (Wildman–Crippen LogP) is 0.0968. The number of halogens is 1. The Bertz CT molecular complexity index is 554. The number of β-amino-alcohol motifs (C(OH)–C–C–N with tert-alkyl or cyclic N) is 2. The van der Waals surface area contributed by atoms with Gasteiger partial charge in [0, 0.05) is 51.8 Å². The SMILES string of the molecule is Cc1cccnc1N1CCC(F)(CN2C[C@@H](O)C(O)[C@@H](O)C2)CC1. The van der Waals surface area contributed by atoms with Gasteiger partial charge in [0.2, 0.25) is 0 Å². The molecular weight excluding hydrogens is 313 g/mol. The second-order valence-corrected chi connectivity index (χ2v) is 7.10. The summed E-state index contributed by atoms with van der Waals surface area (Å²) in [6, 6.07) is 3.89. The predicted molar refractivity (Wildman–Crippen MR) is 88.7 cm³/mol. The van der Waals surface area contributed by atoms with Crippen molar-refractivity contribution in [3.63, 3.8) is 0 Å². The van der Waals surface area contributed by atoms with Crippen LogP contribution in [0.3, 0.4) is 0 Å². The summed E-state index contributed by atoms with van der Waals surface area (Å²) in [5.74, 6) is 0.909. The summed E-state index contributed by atoms with van der Waals surface area (Å²) in [6.45, 7) is 3.73. The third-order valence-electron chi connectivity index (χ3n) is 5.13. The zero-order valence-corrected chi connectivity index (χ0v) is 14.0. The Hall–Kier alpha value is -1.28. The first-order valence-electron chi connectivity index (χ1n) is 8.50. The van der Waals surface area contributed by atoms with Crippen molar-refractivity contribution in [2.75, 3.05) is 37.6 Å². The molecule has 7 heteroatoms. The number of nitrogens with zero attached hydrogens (tertiary/aromatic N) is 3. The smallest absolute Gasteiger partial charge is 0.131 e. The van der Waals surface area contributed by atoms with Gasteiger partial charge in [-0.05, 0) is 18.6 Å². The molecule has 1 aromatic rings. The van der Waals surface area contributed by atoms with Gasteiger partial charge < -0.3 is 20.2 Å². The first-order valence-corrected chi connectivity index (χ1v) is 8.50. The number of hydrogen-bond donors (Lipinski definition) is 3. The van der Waals surface area contributed by atoms with E-state index < -0.39 is 24.0 Å². The number of anilines is 1. The lowest BCUT2D eigenvalue weighted by molar-refractivity contribution is -0.118. The Morgan fingerprint density at radius 3 is 2.42 bits per heavy atom. The van der Waals surface area contributed by atoms with Gasteiger partial charge in [-0.25, -0.2) is 9.37 Å². The minimum absolute atomic E-state index is 0.170. The molecule has 3 N–H and O–H groups in total. The number of aliphatic hydroxyl groups excluding tert-OH is 3. The molecule has 6 nitrogen and oxygen atoms in total. The molecule has 0 radical (unpaired) electrons. The number of rotatable bonds is 3. The molecule has 0 bridgehead atoms. The van der Waals surface area contributed by atoms with Crippen LogP contribution in [0.25, 0.3) is 0 Å². The van der Waals surface area contributed by atoms with Gasteiger partial charge in [0.15, 0.2) is 0 Å². The standard InChI is InChI=1S/C17H26FN3O3/c1-12-3-2-6-19-16(12)21-7-4-17(18,5-8-21)11-20-9-13(22)15(24)14(23)10-20/h2-3,6,13-15,22-24H,4-5,7-11H2,1H3/t13-,14+,15?. The summed E-state index contributed by atoms with van der Waals surface area (Å²) in [6.07, 6.45) is -0.697. The summed E-state index contributed by atoms with van der Waals surface area (Å²) < 4.78 is 15.2. The molecular formula is C17H26FN3O3. The van der Waals surface area contributed by atoms with Crippen LogP contribution in [-0.2, 0) is 0 Å². The second-order valence-electron chi connectivity index (χ2n) is 7.10. The highest BCUT2D eigenvalue weighted by atomic mass is 19.1. The van der Waals surface area contributed by atoms with E-state index in [9.17, 15) is 15.3 Å². The molecule has 3 atom stereocenters. The van der Waals surface area contributed by atoms with E-state index in [0.29, 0.717) is 25.9 Å². The fourth-order valence-electron chi connectivity index (χ4n) is 3.69. The van der Waals surface area contributed by atoms with Crippen LogP contribution in [0.5, 0.6) is 0 Å². The lowest BCUT2D eigenvalue weighted by Gasteiger charge is -2.43. The van der Waals surface area contributed by atoms with Gasteiger partial charge in [0.05, 0.1) is 12.2 Å². The van der Waals surface area contributed by atoms with Crippen molar-refractivity contribution in [3.05, 3.63) is 23.9 Å². The fraction of sp³-hybridized carbons (Fsp3) is 0.706. The van der Waals surface area contributed by atoms with Crippen LogP contribution in [-0.4, -0.2) is 81.9 Å². The lowest BCUT2D eigenvalue weighted by Crippen LogP contribution is -2.58. The van der Waals surface area contributed by atoms with Crippen molar-refractivity contribution in [1.82, 2.24) is 9.88 Å². The first kappa shape index (κ1) is 17.5. The average Bonchev–Trinajstić information content (AvgIpc) is 2.54. The number of likely N-dealkylation sites (tertiary alicyclic amines) is 1. The first-order chi connectivity index (χ1) is 11.4. The van der Waals surface area contributed by atoms with E-state index in [4.69, 9.17) is 0 Å². The molecule has 1 aromatic heterocycles. The van der Waals surface area contributed by atoms with Crippen LogP contribution < -0.4 is 4.90 Å². The molecule has 1 unspecified atom stereocenters. The number of aromatic nitrogens is 1. The summed E-state index contributed by atoms with van der Waals surface area (Å²) in [4.78, 5) is 8.21. The van der Waals surface area contributed by atoms with Gasteiger partial charge >= 0.3 is 0 Å². The summed E-state index contributed by atoms with van der Waals surface area (Å²) in [5, 5.41) is 29.1. The van der Waals surface area contributed by atoms with E-state index in [-0.39, 0.29) is 19.6 Å². The Balaban J connectivity index is 1.58. The average molecular weight is 339 g/mol. The third kappa shape index (κ3) is 3.69. The van der Waals surface area contributed by atoms with E-state index in [2.05, 4.69) is 9.88 Å². The maximum Gasteiger partial charge on any atom is 0.131 e. The normalized spacial score (nSPS) is 31.2. The quantitative estimate of drug-likeness (QED) is 0.725. The minimum Gasteiger partial charge on any atom is -0.389 e. The molecule has 3 heterocycles. The molecule has 134 valence electrons. The largest absolute Gasteiger partial charge is 0.389 e. The van der Waals surface area contributed by atoms with E-state index in [1.807, 2.05) is 19.1 Å². The minimum atomic E-state index is -1.35. The van der Waals surface area contributed by atoms with Gasteiger partial charge in [0.25, 0.3) is 0 Å². The Morgan fingerprint density at radius 1 is 1.21 bits per heavy atom. The fourth-order valence-corrected chi connectivity index (χ4v) is 3.69. The number of pyridine rings is 1. The van der Waals surface area contributed by atoms with Crippen molar-refractivity contribution in [1.29, 1.82) is 0 Å². The topological polar surface area (TPSA) is 80.1 Å². The van der Waals surface area contributed by atoms with E-state index in [1.165, 1.54) is 0 Å². The maximum atomic E-state index is 15.2. The van der Waals surface area contributed by atoms with Crippen LogP contribution in [0, 0.1) is 6.92 Å². The van der Waals surface area contributed by atoms with Crippen molar-refractivity contribution in [3.8, 4) is 0 Å². The molecule has 2 aliphatic heterocycles. The zero-order valence-electron chi connectivity index (χ0n) is 14.0. The zero-order chi connectivity index (χ0) is 17.3.